The maximum Gasteiger partial charge on any atom is 0.335 e. The summed E-state index contributed by atoms with van der Waals surface area (Å²) in [4.78, 5) is 14.8. The molecule has 4 rings (SSSR count). The lowest BCUT2D eigenvalue weighted by molar-refractivity contribution is 0.0697. The lowest BCUT2D eigenvalue weighted by Gasteiger charge is -2.46. The van der Waals surface area contributed by atoms with Crippen LogP contribution in [0.1, 0.15) is 29.6 Å². The van der Waals surface area contributed by atoms with Crippen molar-refractivity contribution >= 4 is 11.7 Å². The average Bonchev–Trinajstić information content (AvgIpc) is 3.22. The van der Waals surface area contributed by atoms with Crippen LogP contribution in [-0.2, 0) is 0 Å². The maximum absolute atomic E-state index is 12.7. The molecule has 1 aromatic rings. The number of nitrogens with zero attached hydrogens (tertiary/aromatic N) is 3. The number of hydrogen-bond donors (Lipinski definition) is 2. The van der Waals surface area contributed by atoms with Gasteiger partial charge in [-0.05, 0) is 60.8 Å². The van der Waals surface area contributed by atoms with Crippen LogP contribution in [0.5, 0.6) is 0 Å². The number of aliphatic hydroxyl groups is 1. The first kappa shape index (κ1) is 19.1. The molecule has 2 N–H and O–H groups in total. The normalized spacial score (nSPS) is 20.5. The maximum atomic E-state index is 12.7. The van der Waals surface area contributed by atoms with Gasteiger partial charge in [-0.1, -0.05) is 5.92 Å². The molecular formula is C22H22N3O4-. The SMILES string of the molecule is C#CCN(c1ccc(C(=O)O)cc1)C1C=C2C(=CN(CO)CN2[O-])C2=C1CCC2. The van der Waals surface area contributed by atoms with E-state index in [1.165, 1.54) is 5.57 Å². The Kier molecular flexibility index (Phi) is 5.05. The zero-order chi connectivity index (χ0) is 20.5. The topological polar surface area (TPSA) is 90.3 Å². The van der Waals surface area contributed by atoms with Crippen molar-refractivity contribution in [2.45, 2.75) is 25.3 Å². The summed E-state index contributed by atoms with van der Waals surface area (Å²) in [7, 11) is 0. The molecule has 0 spiro atoms. The molecule has 0 amide bonds. The van der Waals surface area contributed by atoms with Crippen molar-refractivity contribution < 1.29 is 15.0 Å². The molecule has 0 radical (unpaired) electrons. The Hall–Kier alpha value is -3.21. The minimum atomic E-state index is -0.979. The van der Waals surface area contributed by atoms with Crippen molar-refractivity contribution in [3.8, 4) is 12.3 Å². The summed E-state index contributed by atoms with van der Waals surface area (Å²) in [6.45, 7) is 0.197. The second-order valence-corrected chi connectivity index (χ2v) is 7.33. The quantitative estimate of drug-likeness (QED) is 0.744. The Morgan fingerprint density at radius 2 is 2.07 bits per heavy atom. The van der Waals surface area contributed by atoms with E-state index in [4.69, 9.17) is 11.5 Å². The zero-order valence-electron chi connectivity index (χ0n) is 15.9. The van der Waals surface area contributed by atoms with Crippen LogP contribution in [0.2, 0.25) is 0 Å². The number of allylic oxidation sites excluding steroid dienone is 1. The largest absolute Gasteiger partial charge is 0.757 e. The Morgan fingerprint density at radius 1 is 1.31 bits per heavy atom. The molecule has 7 heteroatoms. The van der Waals surface area contributed by atoms with Crippen LogP contribution in [0.15, 0.2) is 59.0 Å². The molecule has 0 saturated carbocycles. The van der Waals surface area contributed by atoms with Crippen molar-refractivity contribution in [3.63, 3.8) is 0 Å². The Balaban J connectivity index is 1.77. The van der Waals surface area contributed by atoms with E-state index in [1.54, 1.807) is 29.2 Å². The van der Waals surface area contributed by atoms with Gasteiger partial charge in [0, 0.05) is 23.2 Å². The molecule has 0 fully saturated rings. The molecule has 1 atom stereocenters. The first-order chi connectivity index (χ1) is 14.0. The van der Waals surface area contributed by atoms with Crippen LogP contribution in [0.25, 0.3) is 0 Å². The van der Waals surface area contributed by atoms with E-state index in [0.717, 1.165) is 41.2 Å². The second-order valence-electron chi connectivity index (χ2n) is 7.33. The highest BCUT2D eigenvalue weighted by atomic mass is 16.5. The average molecular weight is 392 g/mol. The van der Waals surface area contributed by atoms with Crippen molar-refractivity contribution in [2.75, 3.05) is 24.8 Å². The summed E-state index contributed by atoms with van der Waals surface area (Å²) in [5.74, 6) is 1.71. The smallest absolute Gasteiger partial charge is 0.335 e. The minimum absolute atomic E-state index is 0.0730. The molecule has 29 heavy (non-hydrogen) atoms. The number of rotatable bonds is 5. The first-order valence-electron chi connectivity index (χ1n) is 9.53. The number of carbonyl (C=O) groups is 1. The van der Waals surface area contributed by atoms with Crippen molar-refractivity contribution in [2.24, 2.45) is 0 Å². The van der Waals surface area contributed by atoms with E-state index in [0.29, 0.717) is 12.2 Å². The van der Waals surface area contributed by atoms with E-state index in [9.17, 15) is 15.1 Å². The molecule has 0 bridgehead atoms. The van der Waals surface area contributed by atoms with E-state index in [-0.39, 0.29) is 25.0 Å². The van der Waals surface area contributed by atoms with Gasteiger partial charge in [-0.25, -0.2) is 4.79 Å². The van der Waals surface area contributed by atoms with E-state index in [2.05, 4.69) is 5.92 Å². The fourth-order valence-electron chi connectivity index (χ4n) is 4.33. The van der Waals surface area contributed by atoms with Gasteiger partial charge in [0.15, 0.2) is 0 Å². The molecule has 0 saturated heterocycles. The standard InChI is InChI=1S/C22H22N3O4/c1-2-10-24(16-8-6-15(7-9-16)22(27)28)20-11-21-19(17-4-3-5-18(17)20)12-23(14-26)13-25(21)29/h1,6-9,11-12,20,26H,3-5,10,13-14H2,(H,27,28)/q-1. The molecule has 1 aliphatic heterocycles. The predicted molar refractivity (Wildman–Crippen MR) is 109 cm³/mol. The Bertz CT molecular complexity index is 955. The van der Waals surface area contributed by atoms with Gasteiger partial charge in [0.25, 0.3) is 0 Å². The number of carboxylic acid groups (broad SMARTS) is 1. The number of aromatic carboxylic acids is 1. The molecule has 1 aromatic carbocycles. The molecular weight excluding hydrogens is 370 g/mol. The number of aliphatic hydroxyl groups excluding tert-OH is 1. The summed E-state index contributed by atoms with van der Waals surface area (Å²) in [6.07, 6.45) is 12.2. The second kappa shape index (κ2) is 7.66. The van der Waals surface area contributed by atoms with Crippen LogP contribution in [0.3, 0.4) is 0 Å². The van der Waals surface area contributed by atoms with Gasteiger partial charge in [0.1, 0.15) is 6.73 Å². The van der Waals surface area contributed by atoms with Gasteiger partial charge < -0.3 is 30.3 Å². The van der Waals surface area contributed by atoms with Crippen LogP contribution < -0.4 is 4.90 Å². The summed E-state index contributed by atoms with van der Waals surface area (Å²) in [5.41, 5.74) is 4.88. The lowest BCUT2D eigenvalue weighted by Crippen LogP contribution is -2.42. The Morgan fingerprint density at radius 3 is 2.72 bits per heavy atom. The minimum Gasteiger partial charge on any atom is -0.757 e. The van der Waals surface area contributed by atoms with Crippen LogP contribution in [-0.4, -0.2) is 52.1 Å². The summed E-state index contributed by atoms with van der Waals surface area (Å²) < 4.78 is 0. The zero-order valence-corrected chi connectivity index (χ0v) is 15.9. The van der Waals surface area contributed by atoms with Crippen molar-refractivity contribution in [3.05, 3.63) is 69.7 Å². The molecule has 2 aliphatic carbocycles. The fraction of sp³-hybridized carbons (Fsp3) is 0.318. The molecule has 3 aliphatic rings. The highest BCUT2D eigenvalue weighted by molar-refractivity contribution is 5.88. The number of anilines is 1. The number of terminal acetylenes is 1. The molecule has 1 heterocycles. The van der Waals surface area contributed by atoms with Crippen LogP contribution >= 0.6 is 0 Å². The van der Waals surface area contributed by atoms with Crippen LogP contribution in [0.4, 0.5) is 5.69 Å². The lowest BCUT2D eigenvalue weighted by atomic mass is 9.87. The van der Waals surface area contributed by atoms with Gasteiger partial charge in [0.05, 0.1) is 24.8 Å². The van der Waals surface area contributed by atoms with Gasteiger partial charge in [0.2, 0.25) is 0 Å². The molecule has 1 unspecified atom stereocenters. The highest BCUT2D eigenvalue weighted by Crippen LogP contribution is 2.44. The van der Waals surface area contributed by atoms with Gasteiger partial charge in [-0.15, -0.1) is 6.42 Å². The summed E-state index contributed by atoms with van der Waals surface area (Å²) in [6, 6.07) is 6.47. The number of hydrogen-bond acceptors (Lipinski definition) is 6. The third-order valence-electron chi connectivity index (χ3n) is 5.65. The van der Waals surface area contributed by atoms with Crippen molar-refractivity contribution in [1.29, 1.82) is 0 Å². The summed E-state index contributed by atoms with van der Waals surface area (Å²) in [5, 5.41) is 32.2. The van der Waals surface area contributed by atoms with Gasteiger partial charge >= 0.3 is 5.97 Å². The Labute approximate surface area is 169 Å². The molecule has 7 nitrogen and oxygen atoms in total. The predicted octanol–water partition coefficient (Wildman–Crippen LogP) is 2.48. The molecule has 150 valence electrons. The van der Waals surface area contributed by atoms with E-state index in [1.807, 2.05) is 17.2 Å². The van der Waals surface area contributed by atoms with E-state index >= 15 is 0 Å². The highest BCUT2D eigenvalue weighted by Gasteiger charge is 2.35. The van der Waals surface area contributed by atoms with Gasteiger partial charge in [-0.2, -0.15) is 0 Å². The number of carboxylic acids is 1. The number of hydroxylamine groups is 2. The van der Waals surface area contributed by atoms with Crippen molar-refractivity contribution in [1.82, 2.24) is 9.96 Å². The van der Waals surface area contributed by atoms with Crippen LogP contribution in [0, 0.1) is 17.6 Å². The van der Waals surface area contributed by atoms with E-state index < -0.39 is 5.97 Å². The molecule has 0 aromatic heterocycles. The first-order valence-corrected chi connectivity index (χ1v) is 9.53. The fourth-order valence-corrected chi connectivity index (χ4v) is 4.33. The monoisotopic (exact) mass is 392 g/mol. The number of fused-ring (bicyclic) bond motifs is 2. The summed E-state index contributed by atoms with van der Waals surface area (Å²) >= 11 is 0. The third-order valence-corrected chi connectivity index (χ3v) is 5.65. The van der Waals surface area contributed by atoms with Gasteiger partial charge in [-0.3, -0.25) is 0 Å². The number of benzene rings is 1. The third kappa shape index (κ3) is 3.37.